The second-order valence-corrected chi connectivity index (χ2v) is 4.41. The third-order valence-corrected chi connectivity index (χ3v) is 2.85. The smallest absolute Gasteiger partial charge is 0.251 e. The molecule has 98 valence electrons. The highest BCUT2D eigenvalue weighted by atomic mass is 35.5. The molecule has 4 nitrogen and oxygen atoms in total. The van der Waals surface area contributed by atoms with Gasteiger partial charge in [0.25, 0.3) is 5.91 Å². The monoisotopic (exact) mass is 276 g/mol. The average Bonchev–Trinajstić information content (AvgIpc) is 2.45. The van der Waals surface area contributed by atoms with E-state index in [0.29, 0.717) is 17.3 Å². The molecule has 0 saturated heterocycles. The first-order valence-corrected chi connectivity index (χ1v) is 6.15. The van der Waals surface area contributed by atoms with Crippen molar-refractivity contribution in [2.24, 2.45) is 0 Å². The number of aromatic nitrogens is 1. The maximum Gasteiger partial charge on any atom is 0.251 e. The Bertz CT molecular complexity index is 570. The summed E-state index contributed by atoms with van der Waals surface area (Å²) in [5.74, 6) is -0.199. The molecule has 0 bridgehead atoms. The largest absolute Gasteiger partial charge is 0.392 e. The zero-order valence-electron chi connectivity index (χ0n) is 10.1. The molecule has 0 radical (unpaired) electrons. The maximum absolute atomic E-state index is 11.9. The van der Waals surface area contributed by atoms with E-state index in [9.17, 15) is 4.79 Å². The normalized spacial score (nSPS) is 10.2. The lowest BCUT2D eigenvalue weighted by molar-refractivity contribution is 0.0951. The number of aliphatic hydroxyl groups is 1. The topological polar surface area (TPSA) is 62.2 Å². The molecule has 0 aliphatic rings. The fourth-order valence-electron chi connectivity index (χ4n) is 1.59. The Balaban J connectivity index is 1.96. The number of hydrogen-bond donors (Lipinski definition) is 2. The number of pyridine rings is 1. The summed E-state index contributed by atoms with van der Waals surface area (Å²) in [6, 6.07) is 10.5. The van der Waals surface area contributed by atoms with Crippen molar-refractivity contribution < 1.29 is 9.90 Å². The van der Waals surface area contributed by atoms with Crippen molar-refractivity contribution in [1.29, 1.82) is 0 Å². The number of rotatable bonds is 4. The van der Waals surface area contributed by atoms with Gasteiger partial charge in [-0.1, -0.05) is 35.9 Å². The predicted molar refractivity (Wildman–Crippen MR) is 72.8 cm³/mol. The van der Waals surface area contributed by atoms with E-state index in [4.69, 9.17) is 16.7 Å². The van der Waals surface area contributed by atoms with Crippen molar-refractivity contribution in [1.82, 2.24) is 10.3 Å². The lowest BCUT2D eigenvalue weighted by atomic mass is 10.1. The molecule has 19 heavy (non-hydrogen) atoms. The number of nitrogens with one attached hydrogen (secondary N) is 1. The summed E-state index contributed by atoms with van der Waals surface area (Å²) < 4.78 is 0. The Morgan fingerprint density at radius 2 is 1.89 bits per heavy atom. The van der Waals surface area contributed by atoms with Gasteiger partial charge in [0.1, 0.15) is 5.15 Å². The Labute approximate surface area is 116 Å². The van der Waals surface area contributed by atoms with E-state index in [0.717, 1.165) is 11.1 Å². The van der Waals surface area contributed by atoms with Gasteiger partial charge >= 0.3 is 0 Å². The Morgan fingerprint density at radius 3 is 2.53 bits per heavy atom. The van der Waals surface area contributed by atoms with E-state index >= 15 is 0 Å². The van der Waals surface area contributed by atoms with Crippen LogP contribution in [0.25, 0.3) is 0 Å². The second kappa shape index (κ2) is 6.31. The third kappa shape index (κ3) is 3.77. The number of carbonyl (C=O) groups is 1. The van der Waals surface area contributed by atoms with Crippen molar-refractivity contribution >= 4 is 17.5 Å². The van der Waals surface area contributed by atoms with E-state index in [1.807, 2.05) is 24.3 Å². The summed E-state index contributed by atoms with van der Waals surface area (Å²) >= 11 is 5.72. The van der Waals surface area contributed by atoms with Crippen molar-refractivity contribution in [3.8, 4) is 0 Å². The molecule has 0 unspecified atom stereocenters. The summed E-state index contributed by atoms with van der Waals surface area (Å²) in [6.07, 6.45) is 1.49. The van der Waals surface area contributed by atoms with Gasteiger partial charge in [-0.15, -0.1) is 0 Å². The van der Waals surface area contributed by atoms with Gasteiger partial charge in [-0.3, -0.25) is 4.79 Å². The Hall–Kier alpha value is -1.91. The van der Waals surface area contributed by atoms with Crippen molar-refractivity contribution in [3.05, 3.63) is 64.4 Å². The lowest BCUT2D eigenvalue weighted by Crippen LogP contribution is -2.22. The summed E-state index contributed by atoms with van der Waals surface area (Å²) in [6.45, 7) is 0.437. The van der Waals surface area contributed by atoms with Gasteiger partial charge < -0.3 is 10.4 Å². The van der Waals surface area contributed by atoms with Crippen LogP contribution in [0.15, 0.2) is 42.6 Å². The lowest BCUT2D eigenvalue weighted by Gasteiger charge is -2.06. The zero-order chi connectivity index (χ0) is 13.7. The van der Waals surface area contributed by atoms with Crippen molar-refractivity contribution in [2.75, 3.05) is 0 Å². The minimum atomic E-state index is -0.199. The molecule has 1 aromatic heterocycles. The van der Waals surface area contributed by atoms with Crippen LogP contribution in [0.5, 0.6) is 0 Å². The highest BCUT2D eigenvalue weighted by molar-refractivity contribution is 6.29. The van der Waals surface area contributed by atoms with Crippen LogP contribution in [0.4, 0.5) is 0 Å². The maximum atomic E-state index is 11.9. The third-order valence-electron chi connectivity index (χ3n) is 2.65. The summed E-state index contributed by atoms with van der Waals surface area (Å²) in [4.78, 5) is 15.7. The molecular formula is C14H13ClN2O2. The van der Waals surface area contributed by atoms with Gasteiger partial charge in [0.2, 0.25) is 0 Å². The predicted octanol–water partition coefficient (Wildman–Crippen LogP) is 2.16. The molecule has 0 spiro atoms. The van der Waals surface area contributed by atoms with Crippen LogP contribution in [0.2, 0.25) is 5.15 Å². The van der Waals surface area contributed by atoms with Gasteiger partial charge in [-0.25, -0.2) is 4.98 Å². The van der Waals surface area contributed by atoms with Crippen LogP contribution in [-0.4, -0.2) is 16.0 Å². The van der Waals surface area contributed by atoms with Crippen molar-refractivity contribution in [2.45, 2.75) is 13.2 Å². The first kappa shape index (κ1) is 13.5. The van der Waals surface area contributed by atoms with Crippen LogP contribution in [0.1, 0.15) is 21.5 Å². The average molecular weight is 277 g/mol. The van der Waals surface area contributed by atoms with Gasteiger partial charge in [0, 0.05) is 18.3 Å². The van der Waals surface area contributed by atoms with E-state index in [2.05, 4.69) is 10.3 Å². The van der Waals surface area contributed by atoms with Crippen LogP contribution >= 0.6 is 11.6 Å². The van der Waals surface area contributed by atoms with Crippen LogP contribution < -0.4 is 5.32 Å². The van der Waals surface area contributed by atoms with Crippen molar-refractivity contribution in [3.63, 3.8) is 0 Å². The fourth-order valence-corrected chi connectivity index (χ4v) is 1.76. The molecule has 1 amide bonds. The molecule has 1 aromatic carbocycles. The quantitative estimate of drug-likeness (QED) is 0.841. The number of carbonyl (C=O) groups excluding carboxylic acids is 1. The summed E-state index contributed by atoms with van der Waals surface area (Å²) in [5.41, 5.74) is 2.29. The molecule has 2 N–H and O–H groups in total. The number of aliphatic hydroxyl groups excluding tert-OH is 1. The molecule has 0 fully saturated rings. The van der Waals surface area contributed by atoms with E-state index < -0.39 is 0 Å². The number of benzene rings is 1. The van der Waals surface area contributed by atoms with Gasteiger partial charge in [0.15, 0.2) is 0 Å². The number of nitrogens with zero attached hydrogens (tertiary/aromatic N) is 1. The van der Waals surface area contributed by atoms with Gasteiger partial charge in [-0.05, 0) is 23.3 Å². The molecule has 2 aromatic rings. The molecular weight excluding hydrogens is 264 g/mol. The molecule has 2 rings (SSSR count). The van der Waals surface area contributed by atoms with Crippen LogP contribution in [0, 0.1) is 0 Å². The summed E-state index contributed by atoms with van der Waals surface area (Å²) in [7, 11) is 0. The highest BCUT2D eigenvalue weighted by Crippen LogP contribution is 2.08. The molecule has 0 saturated carbocycles. The number of halogens is 1. The number of hydrogen-bond acceptors (Lipinski definition) is 3. The van der Waals surface area contributed by atoms with E-state index in [-0.39, 0.29) is 12.5 Å². The summed E-state index contributed by atoms with van der Waals surface area (Å²) in [5, 5.41) is 12.0. The van der Waals surface area contributed by atoms with E-state index in [1.54, 1.807) is 6.07 Å². The minimum Gasteiger partial charge on any atom is -0.392 e. The van der Waals surface area contributed by atoms with Gasteiger partial charge in [0.05, 0.1) is 6.61 Å². The van der Waals surface area contributed by atoms with Crippen LogP contribution in [0.3, 0.4) is 0 Å². The standard InChI is InChI=1S/C14H13ClN2O2/c15-13-7-12(5-6-16-13)14(19)17-8-10-1-3-11(9-18)4-2-10/h1-7,18H,8-9H2,(H,17,19). The Kier molecular flexibility index (Phi) is 4.49. The first-order valence-electron chi connectivity index (χ1n) is 5.77. The SMILES string of the molecule is O=C(NCc1ccc(CO)cc1)c1ccnc(Cl)c1. The number of amides is 1. The highest BCUT2D eigenvalue weighted by Gasteiger charge is 2.05. The molecule has 5 heteroatoms. The molecule has 0 aliphatic carbocycles. The van der Waals surface area contributed by atoms with E-state index in [1.165, 1.54) is 12.3 Å². The molecule has 0 atom stereocenters. The molecule has 0 aliphatic heterocycles. The van der Waals surface area contributed by atoms with Gasteiger partial charge in [-0.2, -0.15) is 0 Å². The first-order chi connectivity index (χ1) is 9.19. The second-order valence-electron chi connectivity index (χ2n) is 4.02. The molecule has 1 heterocycles. The zero-order valence-corrected chi connectivity index (χ0v) is 10.9. The van der Waals surface area contributed by atoms with Crippen LogP contribution in [-0.2, 0) is 13.2 Å². The minimum absolute atomic E-state index is 0.0160. The fraction of sp³-hybridized carbons (Fsp3) is 0.143. The Morgan fingerprint density at radius 1 is 1.21 bits per heavy atom.